The Morgan fingerprint density at radius 2 is 1.67 bits per heavy atom. The number of nitrogens with one attached hydrogen (secondary N) is 1. The lowest BCUT2D eigenvalue weighted by molar-refractivity contribution is -0.145. The van der Waals surface area contributed by atoms with Crippen molar-refractivity contribution in [3.05, 3.63) is 100 Å². The quantitative estimate of drug-likeness (QED) is 0.198. The van der Waals surface area contributed by atoms with E-state index in [1.54, 1.807) is 50.2 Å². The van der Waals surface area contributed by atoms with Gasteiger partial charge in [0.15, 0.2) is 14.2 Å². The molecule has 0 radical (unpaired) electrons. The Bertz CT molecular complexity index is 2120. The van der Waals surface area contributed by atoms with E-state index in [9.17, 15) is 26.4 Å². The number of anilines is 1. The maximum Gasteiger partial charge on any atom is 0.375 e. The Balaban J connectivity index is 0.000000188. The number of fused-ring (bicyclic) bond motifs is 1. The highest BCUT2D eigenvalue weighted by atomic mass is 32.2. The summed E-state index contributed by atoms with van der Waals surface area (Å²) < 4.78 is 66.0. The molecule has 0 unspecified atom stereocenters. The van der Waals surface area contributed by atoms with Gasteiger partial charge in [0, 0.05) is 22.1 Å². The van der Waals surface area contributed by atoms with E-state index in [1.165, 1.54) is 35.2 Å². The van der Waals surface area contributed by atoms with Crippen molar-refractivity contribution in [1.29, 1.82) is 0 Å². The second-order valence-corrected chi connectivity index (χ2v) is 17.2. The van der Waals surface area contributed by atoms with Crippen LogP contribution >= 0.6 is 23.1 Å². The van der Waals surface area contributed by atoms with Crippen LogP contribution in [0.2, 0.25) is 0 Å². The number of carbonyl (C=O) groups is 2. The molecule has 0 atom stereocenters. The van der Waals surface area contributed by atoms with Crippen molar-refractivity contribution in [2.75, 3.05) is 17.2 Å². The highest BCUT2D eigenvalue weighted by molar-refractivity contribution is 8.01. The number of rotatable bonds is 9. The van der Waals surface area contributed by atoms with Crippen LogP contribution in [0, 0.1) is 0 Å². The fourth-order valence-electron chi connectivity index (χ4n) is 4.86. The second kappa shape index (κ2) is 13.7. The zero-order valence-electron chi connectivity index (χ0n) is 26.6. The number of sulfonamides is 1. The molecule has 3 aromatic carbocycles. The summed E-state index contributed by atoms with van der Waals surface area (Å²) in [6.45, 7) is 5.72. The Morgan fingerprint density at radius 3 is 2.27 bits per heavy atom. The highest BCUT2D eigenvalue weighted by Gasteiger charge is 2.43. The van der Waals surface area contributed by atoms with Gasteiger partial charge in [0.1, 0.15) is 18.0 Å². The number of hydrogen-bond donors (Lipinski definition) is 1. The van der Waals surface area contributed by atoms with Gasteiger partial charge in [0.05, 0.1) is 33.7 Å². The van der Waals surface area contributed by atoms with Gasteiger partial charge in [-0.2, -0.15) is 0 Å². The van der Waals surface area contributed by atoms with E-state index in [-0.39, 0.29) is 23.2 Å². The number of ether oxygens (including phenoxy) is 3. The van der Waals surface area contributed by atoms with E-state index in [1.807, 2.05) is 30.5 Å². The molecule has 6 rings (SSSR count). The van der Waals surface area contributed by atoms with Gasteiger partial charge in [-0.15, -0.1) is 11.3 Å². The number of thiazole rings is 1. The van der Waals surface area contributed by atoms with Crippen LogP contribution in [-0.4, -0.2) is 51.9 Å². The minimum absolute atomic E-state index is 0.114. The van der Waals surface area contributed by atoms with Crippen molar-refractivity contribution in [2.45, 2.75) is 53.5 Å². The van der Waals surface area contributed by atoms with E-state index < -0.39 is 31.4 Å². The van der Waals surface area contributed by atoms with Crippen molar-refractivity contribution in [2.24, 2.45) is 0 Å². The average molecular weight is 729 g/mol. The molecule has 0 bridgehead atoms. The maximum absolute atomic E-state index is 12.3. The zero-order valence-corrected chi connectivity index (χ0v) is 29.9. The summed E-state index contributed by atoms with van der Waals surface area (Å²) >= 11 is 2.82. The van der Waals surface area contributed by atoms with Gasteiger partial charge in [-0.05, 0) is 62.2 Å². The lowest BCUT2D eigenvalue weighted by Gasteiger charge is -2.21. The fraction of sp³-hybridized carbons (Fsp3) is 0.242. The monoisotopic (exact) mass is 728 g/mol. The molecule has 1 aromatic heterocycles. The molecule has 1 N–H and O–H groups in total. The number of hydrogen-bond acceptors (Lipinski definition) is 12. The van der Waals surface area contributed by atoms with Crippen LogP contribution < -0.4 is 9.46 Å². The van der Waals surface area contributed by atoms with Crippen LogP contribution in [0.3, 0.4) is 0 Å². The topological polar surface area (TPSA) is 155 Å². The summed E-state index contributed by atoms with van der Waals surface area (Å²) in [5.41, 5.74) is 2.94. The molecule has 0 fully saturated rings. The predicted octanol–water partition coefficient (Wildman–Crippen LogP) is 6.11. The third-order valence-corrected chi connectivity index (χ3v) is 10.8. The number of para-hydroxylation sites is 1. The Kier molecular flexibility index (Phi) is 10.1. The fourth-order valence-corrected chi connectivity index (χ4v) is 8.11. The molecule has 11 nitrogen and oxygen atoms in total. The molecule has 0 aliphatic carbocycles. The molecule has 4 aromatic rings. The second-order valence-electron chi connectivity index (χ2n) is 11.3. The standard InChI is InChI=1S/C19H18O5S.C14H14N2O4S3/c1-19(2)16(13-9-11-15(12-10-13)25(3,21)22)17(18(20)24-19)23-14-7-5-4-6-8-14;1-3-9-7-21-14(15-9)22-12-5-10-8(6-20-13(10)17)4-11(12)16-23(2,18)19/h4-12H,1-3H3;4-5,7,16H,3,6H2,1-2H3. The van der Waals surface area contributed by atoms with Gasteiger partial charge >= 0.3 is 11.9 Å². The number of sulfone groups is 1. The molecule has 15 heteroatoms. The Labute approximate surface area is 287 Å². The lowest BCUT2D eigenvalue weighted by atomic mass is 9.92. The van der Waals surface area contributed by atoms with Crippen LogP contribution in [0.1, 0.15) is 48.0 Å². The van der Waals surface area contributed by atoms with Crippen LogP contribution in [0.15, 0.2) is 92.0 Å². The molecule has 0 amide bonds. The van der Waals surface area contributed by atoms with E-state index in [2.05, 4.69) is 9.71 Å². The Hall–Kier alpha value is -4.18. The summed E-state index contributed by atoms with van der Waals surface area (Å²) in [4.78, 5) is 29.3. The highest BCUT2D eigenvalue weighted by Crippen LogP contribution is 2.41. The van der Waals surface area contributed by atoms with Crippen LogP contribution in [-0.2, 0) is 47.2 Å². The molecule has 0 spiro atoms. The lowest BCUT2D eigenvalue weighted by Crippen LogP contribution is -2.22. The van der Waals surface area contributed by atoms with Crippen LogP contribution in [0.5, 0.6) is 5.75 Å². The Morgan fingerprint density at radius 1 is 0.979 bits per heavy atom. The minimum atomic E-state index is -3.43. The largest absolute Gasteiger partial charge is 0.457 e. The molecule has 3 heterocycles. The summed E-state index contributed by atoms with van der Waals surface area (Å²) in [6.07, 6.45) is 3.08. The SMILES string of the molecule is CC1(C)OC(=O)C(Oc2ccccc2)=C1c1ccc(S(C)(=O)=O)cc1.CCc1csc(Sc2cc3c(cc2NS(C)(=O)=O)COC3=O)n1. The molecule has 252 valence electrons. The third kappa shape index (κ3) is 8.27. The van der Waals surface area contributed by atoms with Crippen LogP contribution in [0.25, 0.3) is 5.57 Å². The number of benzene rings is 3. The maximum atomic E-state index is 12.3. The molecular formula is C33H32N2O9S4. The summed E-state index contributed by atoms with van der Waals surface area (Å²) in [5.74, 6) is -0.294. The number of esters is 2. The normalized spacial score (nSPS) is 15.3. The molecule has 48 heavy (non-hydrogen) atoms. The van der Waals surface area contributed by atoms with Crippen molar-refractivity contribution < 1.29 is 40.6 Å². The first-order chi connectivity index (χ1) is 22.5. The molecule has 2 aliphatic heterocycles. The van der Waals surface area contributed by atoms with E-state index in [0.29, 0.717) is 38.6 Å². The van der Waals surface area contributed by atoms with Crippen molar-refractivity contribution in [3.8, 4) is 5.75 Å². The number of aromatic nitrogens is 1. The number of nitrogens with zero attached hydrogens (tertiary/aromatic N) is 1. The molecule has 0 saturated carbocycles. The summed E-state index contributed by atoms with van der Waals surface area (Å²) in [5, 5.41) is 1.97. The van der Waals surface area contributed by atoms with Gasteiger partial charge < -0.3 is 14.2 Å². The smallest absolute Gasteiger partial charge is 0.375 e. The summed E-state index contributed by atoms with van der Waals surface area (Å²) in [7, 11) is -6.72. The van der Waals surface area contributed by atoms with E-state index in [0.717, 1.165) is 29.0 Å². The molecule has 0 saturated heterocycles. The van der Waals surface area contributed by atoms with E-state index >= 15 is 0 Å². The summed E-state index contributed by atoms with van der Waals surface area (Å²) in [6, 6.07) is 18.6. The predicted molar refractivity (Wildman–Crippen MR) is 183 cm³/mol. The minimum Gasteiger partial charge on any atom is -0.457 e. The van der Waals surface area contributed by atoms with E-state index in [4.69, 9.17) is 14.2 Å². The number of aryl methyl sites for hydroxylation is 1. The van der Waals surface area contributed by atoms with Crippen molar-refractivity contribution in [3.63, 3.8) is 0 Å². The first-order valence-corrected chi connectivity index (χ1v) is 20.0. The van der Waals surface area contributed by atoms with Crippen LogP contribution in [0.4, 0.5) is 5.69 Å². The average Bonchev–Trinajstić information content (AvgIpc) is 3.68. The van der Waals surface area contributed by atoms with Gasteiger partial charge in [-0.3, -0.25) is 4.72 Å². The van der Waals surface area contributed by atoms with Crippen molar-refractivity contribution >= 4 is 66.2 Å². The van der Waals surface area contributed by atoms with Crippen molar-refractivity contribution in [1.82, 2.24) is 4.98 Å². The third-order valence-electron chi connectivity index (χ3n) is 7.07. The first kappa shape index (κ1) is 35.1. The molecule has 2 aliphatic rings. The molecular weight excluding hydrogens is 697 g/mol. The number of cyclic esters (lactones) is 2. The van der Waals surface area contributed by atoms with Gasteiger partial charge in [-0.25, -0.2) is 31.4 Å². The van der Waals surface area contributed by atoms with Gasteiger partial charge in [0.25, 0.3) is 0 Å². The first-order valence-electron chi connectivity index (χ1n) is 14.5. The van der Waals surface area contributed by atoms with Gasteiger partial charge in [0.2, 0.25) is 15.8 Å². The zero-order chi connectivity index (χ0) is 34.9. The number of carbonyl (C=O) groups excluding carboxylic acids is 2. The van der Waals surface area contributed by atoms with Gasteiger partial charge in [-0.1, -0.05) is 49.0 Å².